The summed E-state index contributed by atoms with van der Waals surface area (Å²) in [5, 5.41) is 19.5. The first kappa shape index (κ1) is 55.7. The molecule has 0 bridgehead atoms. The Hall–Kier alpha value is -10.9. The molecule has 2 aliphatic rings. The highest BCUT2D eigenvalue weighted by Crippen LogP contribution is 2.50. The van der Waals surface area contributed by atoms with Crippen LogP contribution in [0.5, 0.6) is 0 Å². The Labute approximate surface area is 553 Å². The summed E-state index contributed by atoms with van der Waals surface area (Å²) < 4.78 is 5.25. The highest BCUT2D eigenvalue weighted by molar-refractivity contribution is 7.00. The molecular weight excluding hydrogens is 1150 g/mol. The lowest BCUT2D eigenvalue weighted by atomic mass is 9.33. The van der Waals surface area contributed by atoms with Crippen LogP contribution in [0.1, 0.15) is 79.0 Å². The van der Waals surface area contributed by atoms with Gasteiger partial charge in [0.05, 0.1) is 33.1 Å². The average molecular weight is 1220 g/mol. The molecule has 13 aromatic carbocycles. The number of hydrogen-bond donors (Lipinski definition) is 0. The maximum atomic E-state index is 2.66. The van der Waals surface area contributed by atoms with Crippen molar-refractivity contribution in [3.05, 3.63) is 284 Å². The summed E-state index contributed by atoms with van der Waals surface area (Å²) in [6.07, 6.45) is 0. The Kier molecular flexibility index (Phi) is 11.6. The Morgan fingerprint density at radius 2 is 0.516 bits per heavy atom. The largest absolute Gasteiger partial charge is 0.311 e. The van der Waals surface area contributed by atoms with Gasteiger partial charge in [-0.15, -0.1) is 0 Å². The van der Waals surface area contributed by atoms with Crippen molar-refractivity contribution in [3.63, 3.8) is 0 Å². The second-order valence-electron chi connectivity index (χ2n) is 30.0. The van der Waals surface area contributed by atoms with Gasteiger partial charge in [-0.1, -0.05) is 269 Å². The topological polar surface area (TPSA) is 15.3 Å². The van der Waals surface area contributed by atoms with Crippen molar-refractivity contribution in [1.29, 1.82) is 0 Å². The molecule has 95 heavy (non-hydrogen) atoms. The summed E-state index contributed by atoms with van der Waals surface area (Å²) in [5.74, 6) is 0. The summed E-state index contributed by atoms with van der Waals surface area (Å²) in [6, 6.07) is 103. The Balaban J connectivity index is 1.07. The van der Waals surface area contributed by atoms with Crippen LogP contribution in [0.3, 0.4) is 0 Å². The molecule has 6 heterocycles. The first-order chi connectivity index (χ1) is 46.1. The molecule has 17 aromatic rings. The normalized spacial score (nSPS) is 13.5. The number of rotatable bonds is 2. The number of fused-ring (bicyclic) bond motifs is 24. The number of hydrogen-bond acceptors (Lipinski definition) is 2. The van der Waals surface area contributed by atoms with E-state index in [0.717, 1.165) is 22.4 Å². The van der Waals surface area contributed by atoms with Crippen LogP contribution < -0.4 is 26.2 Å². The van der Waals surface area contributed by atoms with E-state index in [9.17, 15) is 0 Å². The van der Waals surface area contributed by atoms with Crippen molar-refractivity contribution in [2.45, 2.75) is 78.6 Å². The van der Waals surface area contributed by atoms with Crippen molar-refractivity contribution in [2.75, 3.05) is 9.80 Å². The van der Waals surface area contributed by atoms with E-state index in [2.05, 4.69) is 348 Å². The Bertz CT molecular complexity index is 5910. The molecule has 0 fully saturated rings. The van der Waals surface area contributed by atoms with Gasteiger partial charge in [-0.25, -0.2) is 0 Å². The number of para-hydroxylation sites is 4. The van der Waals surface area contributed by atoms with E-state index in [1.807, 2.05) is 0 Å². The molecule has 0 unspecified atom stereocenters. The summed E-state index contributed by atoms with van der Waals surface area (Å²) in [4.78, 5) is 5.31. The zero-order chi connectivity index (χ0) is 64.1. The predicted molar refractivity (Wildman–Crippen MR) is 411 cm³/mol. The quantitative estimate of drug-likeness (QED) is 0.160. The van der Waals surface area contributed by atoms with Crippen molar-refractivity contribution in [2.24, 2.45) is 0 Å². The lowest BCUT2D eigenvalue weighted by molar-refractivity contribution is 0.590. The van der Waals surface area contributed by atoms with E-state index in [4.69, 9.17) is 0 Å². The van der Waals surface area contributed by atoms with E-state index in [-0.39, 0.29) is 23.0 Å². The van der Waals surface area contributed by atoms with Gasteiger partial charge in [0.25, 0.3) is 6.71 Å². The van der Waals surface area contributed by atoms with E-state index >= 15 is 0 Å². The van der Waals surface area contributed by atoms with Crippen LogP contribution in [0.2, 0.25) is 0 Å². The minimum absolute atomic E-state index is 0.0490. The van der Waals surface area contributed by atoms with Crippen LogP contribution in [-0.2, 0) is 16.2 Å². The smallest absolute Gasteiger partial charge is 0.252 e. The van der Waals surface area contributed by atoms with Gasteiger partial charge in [0.1, 0.15) is 0 Å². The first-order valence-corrected chi connectivity index (χ1v) is 33.9. The van der Waals surface area contributed by atoms with E-state index < -0.39 is 0 Å². The molecule has 0 amide bonds. The molecule has 5 heteroatoms. The van der Waals surface area contributed by atoms with Crippen LogP contribution in [0, 0.1) is 0 Å². The monoisotopic (exact) mass is 1220 g/mol. The molecule has 454 valence electrons. The third-order valence-electron chi connectivity index (χ3n) is 21.5. The molecule has 4 nitrogen and oxygen atoms in total. The zero-order valence-electron chi connectivity index (χ0n) is 55.3. The van der Waals surface area contributed by atoms with Gasteiger partial charge in [-0.05, 0) is 153 Å². The Morgan fingerprint density at radius 1 is 0.232 bits per heavy atom. The van der Waals surface area contributed by atoms with Crippen LogP contribution in [0.15, 0.2) is 267 Å². The highest BCUT2D eigenvalue weighted by atomic mass is 15.2. The van der Waals surface area contributed by atoms with Crippen LogP contribution in [-0.4, -0.2) is 15.5 Å². The predicted octanol–water partition coefficient (Wildman–Crippen LogP) is 22.8. The molecule has 0 aliphatic carbocycles. The van der Waals surface area contributed by atoms with Crippen LogP contribution in [0.4, 0.5) is 34.1 Å². The molecule has 0 radical (unpaired) electrons. The summed E-state index contributed by atoms with van der Waals surface area (Å²) in [5.41, 5.74) is 21.4. The summed E-state index contributed by atoms with van der Waals surface area (Å²) >= 11 is 0. The maximum absolute atomic E-state index is 2.66. The van der Waals surface area contributed by atoms with Gasteiger partial charge in [-0.2, -0.15) is 0 Å². The fraction of sp³-hybridized carbons (Fsp3) is 0.133. The van der Waals surface area contributed by atoms with Gasteiger partial charge >= 0.3 is 0 Å². The lowest BCUT2D eigenvalue weighted by Gasteiger charge is -2.45. The fourth-order valence-corrected chi connectivity index (χ4v) is 16.9. The van der Waals surface area contributed by atoms with Gasteiger partial charge in [0.15, 0.2) is 0 Å². The van der Waals surface area contributed by atoms with Gasteiger partial charge in [-0.3, -0.25) is 0 Å². The summed E-state index contributed by atoms with van der Waals surface area (Å²) in [6.45, 7) is 20.9. The molecule has 0 atom stereocenters. The van der Waals surface area contributed by atoms with Crippen molar-refractivity contribution in [1.82, 2.24) is 8.80 Å². The van der Waals surface area contributed by atoms with Crippen LogP contribution >= 0.6 is 0 Å². The lowest BCUT2D eigenvalue weighted by Crippen LogP contribution is -2.61. The number of benzene rings is 13. The van der Waals surface area contributed by atoms with E-state index in [0.29, 0.717) is 0 Å². The van der Waals surface area contributed by atoms with Crippen molar-refractivity contribution >= 4 is 177 Å². The first-order valence-electron chi connectivity index (χ1n) is 33.9. The standard InChI is InChI=1S/C90H71BN4/c1-88(2,3)54-40-44-57(45-41-54)92-81-52-79-73(65-30-16-12-26-61(65)59-24-10-14-28-63(59)69-34-22-36-71-67-32-18-20-38-77(67)94(79)86(69)71)50-75(81)91-76-51-74-66-31-17-13-27-62(66)60-25-11-15-29-64(60)70-35-23-37-72-68-33-19-21-39-78(68)95(87(70)72)80(74)53-82(76)93(58-46-42-55(43-47-58)89(4,5)6)84-49-56(90(7,8)9)48-83(92)85(84)91/h10-53H,1-9H3. The molecule has 0 N–H and O–H groups in total. The fourth-order valence-electron chi connectivity index (χ4n) is 16.9. The molecule has 2 aliphatic heterocycles. The number of aromatic nitrogens is 2. The maximum Gasteiger partial charge on any atom is 0.252 e. The minimum atomic E-state index is -0.244. The SMILES string of the molecule is CC(C)(C)c1ccc(N2c3cc4c(cc3B3c5cc6c7ccccc7c7ccccc7c7cccc8c9ccccc9n(c6cc5N(c5ccc(C(C)(C)C)cc5)c5cc(C(C)(C)C)cc2c53)c78)c2ccccc2c2ccccc2c2cccc3c5ccccc5n4c23)cc1. The van der Waals surface area contributed by atoms with E-state index in [1.54, 1.807) is 0 Å². The highest BCUT2D eigenvalue weighted by Gasteiger charge is 2.45. The zero-order valence-corrected chi connectivity index (χ0v) is 55.3. The van der Waals surface area contributed by atoms with Crippen LogP contribution in [0.25, 0.3) is 119 Å². The molecular formula is C90H71BN4. The molecule has 0 spiro atoms. The second-order valence-corrected chi connectivity index (χ2v) is 30.0. The van der Waals surface area contributed by atoms with Gasteiger partial charge in [0, 0.05) is 77.2 Å². The average Bonchev–Trinajstić information content (AvgIpc) is 1.52. The third kappa shape index (κ3) is 8.02. The van der Waals surface area contributed by atoms with Gasteiger partial charge < -0.3 is 18.6 Å². The molecule has 0 saturated heterocycles. The number of nitrogens with zero attached hydrogens (tertiary/aromatic N) is 4. The second kappa shape index (κ2) is 19.8. The molecule has 19 rings (SSSR count). The summed E-state index contributed by atoms with van der Waals surface area (Å²) in [7, 11) is 0. The van der Waals surface area contributed by atoms with Gasteiger partial charge in [0.2, 0.25) is 0 Å². The van der Waals surface area contributed by atoms with Crippen molar-refractivity contribution in [3.8, 4) is 0 Å². The number of anilines is 6. The minimum Gasteiger partial charge on any atom is -0.311 e. The molecule has 0 saturated carbocycles. The Morgan fingerprint density at radius 3 is 0.853 bits per heavy atom. The van der Waals surface area contributed by atoms with E-state index in [1.165, 1.54) is 164 Å². The third-order valence-corrected chi connectivity index (χ3v) is 21.5. The molecule has 4 aromatic heterocycles. The van der Waals surface area contributed by atoms with Crippen molar-refractivity contribution < 1.29 is 0 Å².